The van der Waals surface area contributed by atoms with Crippen LogP contribution in [0.15, 0.2) is 11.6 Å². The van der Waals surface area contributed by atoms with Gasteiger partial charge >= 0.3 is 0 Å². The molecule has 0 atom stereocenters. The first-order valence-electron chi connectivity index (χ1n) is 2.51. The Morgan fingerprint density at radius 2 is 2.38 bits per heavy atom. The van der Waals surface area contributed by atoms with Crippen molar-refractivity contribution in [3.63, 3.8) is 0 Å². The van der Waals surface area contributed by atoms with Crippen LogP contribution in [-0.2, 0) is 0 Å². The van der Waals surface area contributed by atoms with Gasteiger partial charge in [0.25, 0.3) is 0 Å². The standard InChI is InChI=1S/C5H11ClN2/c1-5(6)4-8-3-2-7/h8H,1-4,7H2. The van der Waals surface area contributed by atoms with E-state index in [2.05, 4.69) is 11.9 Å². The highest BCUT2D eigenvalue weighted by molar-refractivity contribution is 6.29. The fourth-order valence-electron chi connectivity index (χ4n) is 0.326. The van der Waals surface area contributed by atoms with Crippen molar-refractivity contribution in [3.05, 3.63) is 11.6 Å². The summed E-state index contributed by atoms with van der Waals surface area (Å²) in [6.45, 7) is 5.58. The summed E-state index contributed by atoms with van der Waals surface area (Å²) in [6, 6.07) is 0. The maximum Gasteiger partial charge on any atom is 0.0307 e. The van der Waals surface area contributed by atoms with E-state index >= 15 is 0 Å². The van der Waals surface area contributed by atoms with Gasteiger partial charge in [-0.15, -0.1) is 0 Å². The first kappa shape index (κ1) is 7.95. The molecule has 0 bridgehead atoms. The number of rotatable bonds is 4. The molecule has 2 nitrogen and oxygen atoms in total. The molecule has 8 heavy (non-hydrogen) atoms. The number of hydrogen-bond donors (Lipinski definition) is 2. The summed E-state index contributed by atoms with van der Waals surface area (Å²) < 4.78 is 0. The van der Waals surface area contributed by atoms with Crippen LogP contribution in [0.1, 0.15) is 0 Å². The van der Waals surface area contributed by atoms with Gasteiger partial charge in [0.15, 0.2) is 0 Å². The van der Waals surface area contributed by atoms with Crippen LogP contribution in [0.2, 0.25) is 0 Å². The highest BCUT2D eigenvalue weighted by Gasteiger charge is 1.83. The third kappa shape index (κ3) is 5.95. The van der Waals surface area contributed by atoms with Gasteiger partial charge in [-0.1, -0.05) is 18.2 Å². The van der Waals surface area contributed by atoms with Crippen molar-refractivity contribution >= 4 is 11.6 Å². The van der Waals surface area contributed by atoms with Crippen molar-refractivity contribution in [3.8, 4) is 0 Å². The van der Waals surface area contributed by atoms with Gasteiger partial charge in [0.1, 0.15) is 0 Å². The minimum atomic E-state index is 0.624. The molecule has 0 saturated heterocycles. The Morgan fingerprint density at radius 3 is 2.75 bits per heavy atom. The molecule has 0 radical (unpaired) electrons. The van der Waals surface area contributed by atoms with E-state index in [1.807, 2.05) is 0 Å². The van der Waals surface area contributed by atoms with Crippen LogP contribution in [-0.4, -0.2) is 19.6 Å². The van der Waals surface area contributed by atoms with E-state index < -0.39 is 0 Å². The zero-order valence-electron chi connectivity index (χ0n) is 4.78. The molecule has 0 spiro atoms. The molecule has 0 amide bonds. The quantitative estimate of drug-likeness (QED) is 0.543. The Hall–Kier alpha value is -0.0500. The molecular formula is C5H11ClN2. The Balaban J connectivity index is 2.82. The molecule has 3 N–H and O–H groups in total. The van der Waals surface area contributed by atoms with Crippen molar-refractivity contribution in [1.82, 2.24) is 5.32 Å². The summed E-state index contributed by atoms with van der Waals surface area (Å²) in [6.07, 6.45) is 0. The molecule has 0 unspecified atom stereocenters. The molecule has 0 heterocycles. The molecule has 3 heteroatoms. The van der Waals surface area contributed by atoms with Crippen LogP contribution in [0.25, 0.3) is 0 Å². The van der Waals surface area contributed by atoms with Gasteiger partial charge in [-0.3, -0.25) is 0 Å². The highest BCUT2D eigenvalue weighted by atomic mass is 35.5. The first-order chi connectivity index (χ1) is 3.77. The van der Waals surface area contributed by atoms with Crippen molar-refractivity contribution in [1.29, 1.82) is 0 Å². The molecule has 0 aliphatic heterocycles. The normalized spacial score (nSPS) is 9.25. The lowest BCUT2D eigenvalue weighted by molar-refractivity contribution is 0.749. The van der Waals surface area contributed by atoms with E-state index in [1.165, 1.54) is 0 Å². The Bertz CT molecular complexity index is 72.8. The lowest BCUT2D eigenvalue weighted by atomic mass is 10.5. The largest absolute Gasteiger partial charge is 0.329 e. The lowest BCUT2D eigenvalue weighted by Gasteiger charge is -1.97. The van der Waals surface area contributed by atoms with Gasteiger partial charge in [-0.05, 0) is 0 Å². The average Bonchev–Trinajstić information content (AvgIpc) is 1.66. The van der Waals surface area contributed by atoms with Crippen LogP contribution in [0.5, 0.6) is 0 Å². The number of halogens is 1. The molecule has 0 aromatic rings. The van der Waals surface area contributed by atoms with Crippen LogP contribution >= 0.6 is 11.6 Å². The van der Waals surface area contributed by atoms with E-state index in [0.29, 0.717) is 18.1 Å². The summed E-state index contributed by atoms with van der Waals surface area (Å²) in [7, 11) is 0. The highest BCUT2D eigenvalue weighted by Crippen LogP contribution is 1.90. The molecule has 0 aliphatic rings. The van der Waals surface area contributed by atoms with E-state index in [1.54, 1.807) is 0 Å². The summed E-state index contributed by atoms with van der Waals surface area (Å²) in [5.74, 6) is 0. The van der Waals surface area contributed by atoms with Crippen LogP contribution < -0.4 is 11.1 Å². The van der Waals surface area contributed by atoms with Gasteiger partial charge < -0.3 is 11.1 Å². The van der Waals surface area contributed by atoms with Crippen LogP contribution in [0.3, 0.4) is 0 Å². The maximum absolute atomic E-state index is 5.42. The second-order valence-electron chi connectivity index (χ2n) is 1.48. The molecule has 0 rings (SSSR count). The topological polar surface area (TPSA) is 38.0 Å². The summed E-state index contributed by atoms with van der Waals surface area (Å²) in [5, 5.41) is 3.60. The molecule has 48 valence electrons. The lowest BCUT2D eigenvalue weighted by Crippen LogP contribution is -2.23. The Kier molecular flexibility index (Phi) is 5.06. The molecular weight excluding hydrogens is 124 g/mol. The second-order valence-corrected chi connectivity index (χ2v) is 2.02. The number of hydrogen-bond acceptors (Lipinski definition) is 2. The third-order valence-electron chi connectivity index (χ3n) is 0.638. The van der Waals surface area contributed by atoms with Crippen molar-refractivity contribution in [2.45, 2.75) is 0 Å². The zero-order chi connectivity index (χ0) is 6.41. The number of nitrogens with one attached hydrogen (secondary N) is 1. The monoisotopic (exact) mass is 134 g/mol. The van der Waals surface area contributed by atoms with Crippen molar-refractivity contribution < 1.29 is 0 Å². The maximum atomic E-state index is 5.42. The van der Waals surface area contributed by atoms with Crippen LogP contribution in [0, 0.1) is 0 Å². The smallest absolute Gasteiger partial charge is 0.0307 e. The minimum Gasteiger partial charge on any atom is -0.329 e. The molecule has 0 aromatic carbocycles. The molecule has 0 saturated carbocycles. The van der Waals surface area contributed by atoms with Gasteiger partial charge in [-0.25, -0.2) is 0 Å². The van der Waals surface area contributed by atoms with E-state index in [4.69, 9.17) is 17.3 Å². The van der Waals surface area contributed by atoms with E-state index in [-0.39, 0.29) is 0 Å². The van der Waals surface area contributed by atoms with E-state index in [9.17, 15) is 0 Å². The zero-order valence-corrected chi connectivity index (χ0v) is 5.54. The molecule has 0 aliphatic carbocycles. The predicted octanol–water partition coefficient (Wildman–Crippen LogP) is 0.287. The fraction of sp³-hybridized carbons (Fsp3) is 0.600. The summed E-state index contributed by atoms with van der Waals surface area (Å²) in [4.78, 5) is 0. The molecule has 0 fully saturated rings. The summed E-state index contributed by atoms with van der Waals surface area (Å²) in [5.41, 5.74) is 5.18. The molecule has 0 aromatic heterocycles. The average molecular weight is 135 g/mol. The Labute approximate surface area is 54.7 Å². The van der Waals surface area contributed by atoms with Crippen molar-refractivity contribution in [2.24, 2.45) is 5.73 Å². The summed E-state index contributed by atoms with van der Waals surface area (Å²) >= 11 is 5.42. The van der Waals surface area contributed by atoms with Gasteiger partial charge in [0.2, 0.25) is 0 Å². The predicted molar refractivity (Wildman–Crippen MR) is 36.9 cm³/mol. The first-order valence-corrected chi connectivity index (χ1v) is 2.89. The van der Waals surface area contributed by atoms with E-state index in [0.717, 1.165) is 6.54 Å². The van der Waals surface area contributed by atoms with Gasteiger partial charge in [-0.2, -0.15) is 0 Å². The van der Waals surface area contributed by atoms with Crippen LogP contribution in [0.4, 0.5) is 0 Å². The number of nitrogens with two attached hydrogens (primary N) is 1. The second kappa shape index (κ2) is 5.09. The van der Waals surface area contributed by atoms with Gasteiger partial charge in [0, 0.05) is 24.7 Å². The third-order valence-corrected chi connectivity index (χ3v) is 0.772. The Morgan fingerprint density at radius 1 is 1.75 bits per heavy atom. The van der Waals surface area contributed by atoms with Gasteiger partial charge in [0.05, 0.1) is 0 Å². The van der Waals surface area contributed by atoms with Crippen molar-refractivity contribution in [2.75, 3.05) is 19.6 Å². The minimum absolute atomic E-state index is 0.624. The fourth-order valence-corrected chi connectivity index (χ4v) is 0.421. The SMILES string of the molecule is C=C(Cl)CNCCN.